The summed E-state index contributed by atoms with van der Waals surface area (Å²) in [5, 5.41) is 3.56. The zero-order valence-electron chi connectivity index (χ0n) is 20.4. The highest BCUT2D eigenvalue weighted by Gasteiger charge is 2.30. The van der Waals surface area contributed by atoms with E-state index >= 15 is 0 Å². The van der Waals surface area contributed by atoms with Gasteiger partial charge in [0.05, 0.1) is 0 Å². The van der Waals surface area contributed by atoms with Gasteiger partial charge in [0.25, 0.3) is 5.91 Å². The molecular formula is C29H33ClN2O3. The summed E-state index contributed by atoms with van der Waals surface area (Å²) in [7, 11) is 0. The van der Waals surface area contributed by atoms with E-state index in [0.29, 0.717) is 30.3 Å². The summed E-state index contributed by atoms with van der Waals surface area (Å²) in [6, 6.07) is 24.0. The maximum Gasteiger partial charge on any atom is 0.261 e. The normalized spacial score (nSPS) is 11.5. The maximum absolute atomic E-state index is 13.5. The molecule has 0 unspecified atom stereocenters. The lowest BCUT2D eigenvalue weighted by Gasteiger charge is -2.31. The van der Waals surface area contributed by atoms with E-state index in [-0.39, 0.29) is 18.4 Å². The molecule has 2 amide bonds. The van der Waals surface area contributed by atoms with Gasteiger partial charge in [-0.1, -0.05) is 91.2 Å². The van der Waals surface area contributed by atoms with E-state index in [0.717, 1.165) is 29.5 Å². The lowest BCUT2D eigenvalue weighted by Crippen LogP contribution is -2.51. The molecule has 0 heterocycles. The Morgan fingerprint density at radius 1 is 0.971 bits per heavy atom. The number of nitrogens with zero attached hydrogens (tertiary/aromatic N) is 1. The molecule has 0 spiro atoms. The monoisotopic (exact) mass is 492 g/mol. The van der Waals surface area contributed by atoms with Crippen molar-refractivity contribution >= 4 is 23.4 Å². The second-order valence-electron chi connectivity index (χ2n) is 8.61. The zero-order valence-corrected chi connectivity index (χ0v) is 21.1. The second kappa shape index (κ2) is 13.5. The van der Waals surface area contributed by atoms with Crippen LogP contribution in [0.2, 0.25) is 5.02 Å². The van der Waals surface area contributed by atoms with Crippen molar-refractivity contribution in [1.29, 1.82) is 0 Å². The Balaban J connectivity index is 1.88. The number of amides is 2. The number of hydrogen-bond acceptors (Lipinski definition) is 3. The molecule has 0 aliphatic carbocycles. The van der Waals surface area contributed by atoms with E-state index in [1.807, 2.05) is 61.5 Å². The molecule has 0 aliphatic rings. The molecular weight excluding hydrogens is 460 g/mol. The van der Waals surface area contributed by atoms with Crippen molar-refractivity contribution in [1.82, 2.24) is 10.2 Å². The first-order valence-corrected chi connectivity index (χ1v) is 12.4. The molecule has 5 nitrogen and oxygen atoms in total. The van der Waals surface area contributed by atoms with Gasteiger partial charge in [0.15, 0.2) is 6.61 Å². The molecule has 3 aromatic rings. The summed E-state index contributed by atoms with van der Waals surface area (Å²) < 4.78 is 5.76. The van der Waals surface area contributed by atoms with Crippen LogP contribution in [0.5, 0.6) is 5.75 Å². The average molecular weight is 493 g/mol. The van der Waals surface area contributed by atoms with E-state index in [4.69, 9.17) is 16.3 Å². The molecule has 3 rings (SSSR count). The molecule has 1 atom stereocenters. The molecule has 0 saturated heterocycles. The van der Waals surface area contributed by atoms with Crippen LogP contribution >= 0.6 is 11.6 Å². The first-order valence-electron chi connectivity index (χ1n) is 12.0. The fourth-order valence-corrected chi connectivity index (χ4v) is 4.03. The van der Waals surface area contributed by atoms with Gasteiger partial charge >= 0.3 is 0 Å². The number of benzene rings is 3. The standard InChI is InChI=1S/C29H33ClN2O3/c1-3-4-16-31-29(34)27(18-23-11-6-5-7-12-23)32(20-24-13-8-10-22(2)17-24)28(33)21-35-26-15-9-14-25(30)19-26/h5-15,17,19,27H,3-4,16,18,20-21H2,1-2H3,(H,31,34)/t27-/m0/s1. The van der Waals surface area contributed by atoms with E-state index in [1.54, 1.807) is 29.2 Å². The van der Waals surface area contributed by atoms with Gasteiger partial charge in [0.2, 0.25) is 5.91 Å². The quantitative estimate of drug-likeness (QED) is 0.335. The first-order chi connectivity index (χ1) is 17.0. The number of nitrogens with one attached hydrogen (secondary N) is 1. The van der Waals surface area contributed by atoms with Crippen molar-refractivity contribution < 1.29 is 14.3 Å². The van der Waals surface area contributed by atoms with Gasteiger partial charge in [-0.05, 0) is 42.7 Å². The Morgan fingerprint density at radius 3 is 2.43 bits per heavy atom. The van der Waals surface area contributed by atoms with Crippen molar-refractivity contribution in [3.8, 4) is 5.75 Å². The van der Waals surface area contributed by atoms with E-state index in [2.05, 4.69) is 12.2 Å². The highest BCUT2D eigenvalue weighted by Crippen LogP contribution is 2.19. The second-order valence-corrected chi connectivity index (χ2v) is 9.04. The summed E-state index contributed by atoms with van der Waals surface area (Å²) in [5.74, 6) is 0.0810. The van der Waals surface area contributed by atoms with Gasteiger partial charge in [-0.25, -0.2) is 0 Å². The van der Waals surface area contributed by atoms with Gasteiger partial charge in [-0.15, -0.1) is 0 Å². The van der Waals surface area contributed by atoms with Crippen LogP contribution in [0.25, 0.3) is 0 Å². The maximum atomic E-state index is 13.5. The first kappa shape index (κ1) is 26.3. The molecule has 6 heteroatoms. The topological polar surface area (TPSA) is 58.6 Å². The Hall–Kier alpha value is -3.31. The molecule has 0 fully saturated rings. The predicted octanol–water partition coefficient (Wildman–Crippen LogP) is 5.58. The van der Waals surface area contributed by atoms with Crippen LogP contribution in [0.15, 0.2) is 78.9 Å². The van der Waals surface area contributed by atoms with Crippen LogP contribution < -0.4 is 10.1 Å². The molecule has 0 aliphatic heterocycles. The SMILES string of the molecule is CCCCNC(=O)[C@H](Cc1ccccc1)N(Cc1cccc(C)c1)C(=O)COc1cccc(Cl)c1. The van der Waals surface area contributed by atoms with Crippen LogP contribution in [0.1, 0.15) is 36.5 Å². The lowest BCUT2D eigenvalue weighted by atomic mass is 10.0. The Morgan fingerprint density at radius 2 is 1.71 bits per heavy atom. The smallest absolute Gasteiger partial charge is 0.261 e. The number of halogens is 1. The number of carbonyl (C=O) groups excluding carboxylic acids is 2. The summed E-state index contributed by atoms with van der Waals surface area (Å²) in [4.78, 5) is 28.6. The fourth-order valence-electron chi connectivity index (χ4n) is 3.85. The molecule has 0 saturated carbocycles. The number of carbonyl (C=O) groups is 2. The Bertz CT molecular complexity index is 1100. The van der Waals surface area contributed by atoms with Crippen molar-refractivity contribution in [3.63, 3.8) is 0 Å². The molecule has 3 aromatic carbocycles. The largest absolute Gasteiger partial charge is 0.484 e. The molecule has 1 N–H and O–H groups in total. The lowest BCUT2D eigenvalue weighted by molar-refractivity contribution is -0.142. The molecule has 0 bridgehead atoms. The van der Waals surface area contributed by atoms with Crippen LogP contribution in [0, 0.1) is 6.92 Å². The van der Waals surface area contributed by atoms with Crippen LogP contribution in [-0.2, 0) is 22.6 Å². The van der Waals surface area contributed by atoms with E-state index in [9.17, 15) is 9.59 Å². The molecule has 0 aromatic heterocycles. The summed E-state index contributed by atoms with van der Waals surface area (Å²) >= 11 is 6.06. The summed E-state index contributed by atoms with van der Waals surface area (Å²) in [5.41, 5.74) is 3.04. The fraction of sp³-hybridized carbons (Fsp3) is 0.310. The minimum absolute atomic E-state index is 0.161. The van der Waals surface area contributed by atoms with Gasteiger partial charge in [0, 0.05) is 24.5 Å². The zero-order chi connectivity index (χ0) is 25.0. The van der Waals surface area contributed by atoms with Crippen molar-refractivity contribution in [2.24, 2.45) is 0 Å². The van der Waals surface area contributed by atoms with Gasteiger partial charge < -0.3 is 15.0 Å². The molecule has 184 valence electrons. The highest BCUT2D eigenvalue weighted by atomic mass is 35.5. The number of unbranched alkanes of at least 4 members (excludes halogenated alkanes) is 1. The van der Waals surface area contributed by atoms with Crippen molar-refractivity contribution in [2.45, 2.75) is 45.7 Å². The summed E-state index contributed by atoms with van der Waals surface area (Å²) in [6.45, 7) is 4.77. The van der Waals surface area contributed by atoms with Crippen molar-refractivity contribution in [2.75, 3.05) is 13.2 Å². The number of rotatable bonds is 12. The molecule has 35 heavy (non-hydrogen) atoms. The minimum Gasteiger partial charge on any atom is -0.484 e. The summed E-state index contributed by atoms with van der Waals surface area (Å²) in [6.07, 6.45) is 2.27. The van der Waals surface area contributed by atoms with Crippen LogP contribution in [0.3, 0.4) is 0 Å². The average Bonchev–Trinajstić information content (AvgIpc) is 2.85. The van der Waals surface area contributed by atoms with Gasteiger partial charge in [-0.3, -0.25) is 9.59 Å². The number of aryl methyl sites for hydroxylation is 1. The predicted molar refractivity (Wildman–Crippen MR) is 141 cm³/mol. The number of hydrogen-bond donors (Lipinski definition) is 1. The third-order valence-corrected chi connectivity index (χ3v) is 5.93. The third kappa shape index (κ3) is 8.45. The molecule has 0 radical (unpaired) electrons. The number of ether oxygens (including phenoxy) is 1. The Labute approximate surface area is 213 Å². The van der Waals surface area contributed by atoms with Gasteiger partial charge in [-0.2, -0.15) is 0 Å². The van der Waals surface area contributed by atoms with E-state index in [1.165, 1.54) is 0 Å². The van der Waals surface area contributed by atoms with Crippen LogP contribution in [-0.4, -0.2) is 35.9 Å². The van der Waals surface area contributed by atoms with Gasteiger partial charge in [0.1, 0.15) is 11.8 Å². The van der Waals surface area contributed by atoms with Crippen LogP contribution in [0.4, 0.5) is 0 Å². The third-order valence-electron chi connectivity index (χ3n) is 5.69. The van der Waals surface area contributed by atoms with Crippen molar-refractivity contribution in [3.05, 3.63) is 101 Å². The van der Waals surface area contributed by atoms with E-state index < -0.39 is 6.04 Å². The minimum atomic E-state index is -0.676. The Kier molecular flexibility index (Phi) is 10.2. The highest BCUT2D eigenvalue weighted by molar-refractivity contribution is 6.30.